The SMILES string of the molecule is CC1CN(C(=O)c2ccc3n[nH]c(=O)n3c2)CCC1c1ccccc1. The van der Waals surface area contributed by atoms with Crippen molar-refractivity contribution < 1.29 is 4.79 Å². The molecule has 3 heterocycles. The van der Waals surface area contributed by atoms with E-state index < -0.39 is 0 Å². The van der Waals surface area contributed by atoms with Crippen molar-refractivity contribution in [1.29, 1.82) is 0 Å². The van der Waals surface area contributed by atoms with Crippen LogP contribution in [0.4, 0.5) is 0 Å². The van der Waals surface area contributed by atoms with Crippen molar-refractivity contribution >= 4 is 11.6 Å². The zero-order chi connectivity index (χ0) is 17.4. The Kier molecular flexibility index (Phi) is 3.87. The minimum absolute atomic E-state index is 0.0339. The number of likely N-dealkylation sites (tertiary alicyclic amines) is 1. The lowest BCUT2D eigenvalue weighted by Crippen LogP contribution is -2.42. The Labute approximate surface area is 145 Å². The van der Waals surface area contributed by atoms with Crippen LogP contribution in [0.1, 0.15) is 35.2 Å². The Morgan fingerprint density at radius 1 is 1.20 bits per heavy atom. The van der Waals surface area contributed by atoms with Crippen LogP contribution in [-0.4, -0.2) is 38.5 Å². The number of H-pyrrole nitrogens is 1. The molecule has 0 radical (unpaired) electrons. The van der Waals surface area contributed by atoms with Crippen molar-refractivity contribution in [2.75, 3.05) is 13.1 Å². The number of pyridine rings is 1. The molecule has 1 amide bonds. The van der Waals surface area contributed by atoms with Crippen molar-refractivity contribution in [1.82, 2.24) is 19.5 Å². The molecular weight excluding hydrogens is 316 g/mol. The first-order chi connectivity index (χ1) is 12.1. The van der Waals surface area contributed by atoms with Crippen LogP contribution in [0.5, 0.6) is 0 Å². The lowest BCUT2D eigenvalue weighted by Gasteiger charge is -2.37. The summed E-state index contributed by atoms with van der Waals surface area (Å²) < 4.78 is 1.37. The van der Waals surface area contributed by atoms with Crippen molar-refractivity contribution in [3.8, 4) is 0 Å². The summed E-state index contributed by atoms with van der Waals surface area (Å²) in [5.41, 5.74) is 2.04. The number of hydrogen-bond acceptors (Lipinski definition) is 3. The van der Waals surface area contributed by atoms with E-state index in [0.717, 1.165) is 19.5 Å². The van der Waals surface area contributed by atoms with Crippen LogP contribution in [0.25, 0.3) is 5.65 Å². The lowest BCUT2D eigenvalue weighted by molar-refractivity contribution is 0.0660. The summed E-state index contributed by atoms with van der Waals surface area (Å²) in [7, 11) is 0. The summed E-state index contributed by atoms with van der Waals surface area (Å²) in [6.07, 6.45) is 2.52. The maximum absolute atomic E-state index is 12.8. The summed E-state index contributed by atoms with van der Waals surface area (Å²) in [6.45, 7) is 3.64. The van der Waals surface area contributed by atoms with Crippen molar-refractivity contribution in [2.45, 2.75) is 19.3 Å². The van der Waals surface area contributed by atoms with Crippen molar-refractivity contribution in [3.05, 3.63) is 70.3 Å². The average molecular weight is 336 g/mol. The molecule has 6 heteroatoms. The van der Waals surface area contributed by atoms with Gasteiger partial charge >= 0.3 is 5.69 Å². The molecule has 2 atom stereocenters. The minimum Gasteiger partial charge on any atom is -0.338 e. The van der Waals surface area contributed by atoms with E-state index in [0.29, 0.717) is 23.0 Å². The third-order valence-electron chi connectivity index (χ3n) is 5.08. The number of nitrogens with zero attached hydrogens (tertiary/aromatic N) is 3. The first-order valence-corrected chi connectivity index (χ1v) is 8.54. The number of piperidine rings is 1. The molecule has 25 heavy (non-hydrogen) atoms. The van der Waals surface area contributed by atoms with Gasteiger partial charge in [0, 0.05) is 19.3 Å². The maximum atomic E-state index is 12.8. The second kappa shape index (κ2) is 6.20. The van der Waals surface area contributed by atoms with E-state index in [1.165, 1.54) is 9.96 Å². The fourth-order valence-corrected chi connectivity index (χ4v) is 3.74. The van der Waals surface area contributed by atoms with E-state index in [1.54, 1.807) is 18.3 Å². The van der Waals surface area contributed by atoms with E-state index >= 15 is 0 Å². The van der Waals surface area contributed by atoms with Gasteiger partial charge in [0.2, 0.25) is 0 Å². The van der Waals surface area contributed by atoms with E-state index in [4.69, 9.17) is 0 Å². The third-order valence-corrected chi connectivity index (χ3v) is 5.08. The Hall–Kier alpha value is -2.89. The van der Waals surface area contributed by atoms with E-state index in [9.17, 15) is 9.59 Å². The van der Waals surface area contributed by atoms with Gasteiger partial charge in [0.1, 0.15) is 0 Å². The largest absolute Gasteiger partial charge is 0.347 e. The topological polar surface area (TPSA) is 70.5 Å². The van der Waals surface area contributed by atoms with Gasteiger partial charge in [-0.2, -0.15) is 5.10 Å². The number of hydrogen-bond donors (Lipinski definition) is 1. The maximum Gasteiger partial charge on any atom is 0.347 e. The minimum atomic E-state index is -0.333. The van der Waals surface area contributed by atoms with Gasteiger partial charge in [0.15, 0.2) is 5.65 Å². The second-order valence-corrected chi connectivity index (χ2v) is 6.71. The van der Waals surface area contributed by atoms with E-state index in [1.807, 2.05) is 11.0 Å². The molecule has 1 fully saturated rings. The van der Waals surface area contributed by atoms with Gasteiger partial charge in [0.05, 0.1) is 5.56 Å². The molecular formula is C19H20N4O2. The standard InChI is InChI=1S/C19H20N4O2/c1-13-11-22(10-9-16(13)14-5-3-2-4-6-14)18(24)15-7-8-17-20-21-19(25)23(17)12-15/h2-8,12-13,16H,9-11H2,1H3,(H,21,25). The quantitative estimate of drug-likeness (QED) is 0.780. The van der Waals surface area contributed by atoms with Gasteiger partial charge in [-0.25, -0.2) is 14.3 Å². The highest BCUT2D eigenvalue weighted by atomic mass is 16.2. The number of amides is 1. The number of benzene rings is 1. The molecule has 1 aliphatic heterocycles. The number of aromatic nitrogens is 3. The summed E-state index contributed by atoms with van der Waals surface area (Å²) in [4.78, 5) is 26.4. The Bertz CT molecular complexity index is 960. The van der Waals surface area contributed by atoms with Crippen LogP contribution in [0.3, 0.4) is 0 Å². The number of nitrogens with one attached hydrogen (secondary N) is 1. The molecule has 1 aromatic carbocycles. The molecule has 1 aliphatic rings. The zero-order valence-electron chi connectivity index (χ0n) is 14.1. The van der Waals surface area contributed by atoms with Crippen LogP contribution in [0.15, 0.2) is 53.5 Å². The van der Waals surface area contributed by atoms with Gasteiger partial charge in [-0.3, -0.25) is 4.79 Å². The number of aromatic amines is 1. The molecule has 0 aliphatic carbocycles. The molecule has 1 saturated heterocycles. The molecule has 0 bridgehead atoms. The molecule has 2 aromatic heterocycles. The van der Waals surface area contributed by atoms with Crippen LogP contribution >= 0.6 is 0 Å². The summed E-state index contributed by atoms with van der Waals surface area (Å²) in [5.74, 6) is 0.832. The predicted octanol–water partition coefficient (Wildman–Crippen LogP) is 2.29. The third kappa shape index (κ3) is 2.84. The molecule has 3 aromatic rings. The second-order valence-electron chi connectivity index (χ2n) is 6.71. The van der Waals surface area contributed by atoms with Crippen molar-refractivity contribution in [2.24, 2.45) is 5.92 Å². The van der Waals surface area contributed by atoms with Crippen LogP contribution < -0.4 is 5.69 Å². The van der Waals surface area contributed by atoms with Gasteiger partial charge in [0.25, 0.3) is 5.91 Å². The van der Waals surface area contributed by atoms with E-state index in [-0.39, 0.29) is 11.6 Å². The van der Waals surface area contributed by atoms with Gasteiger partial charge in [-0.05, 0) is 36.0 Å². The van der Waals surface area contributed by atoms with Gasteiger partial charge in [-0.1, -0.05) is 37.3 Å². The number of carbonyl (C=O) groups excluding carboxylic acids is 1. The number of rotatable bonds is 2. The van der Waals surface area contributed by atoms with Gasteiger partial charge < -0.3 is 4.90 Å². The molecule has 1 N–H and O–H groups in total. The summed E-state index contributed by atoms with van der Waals surface area (Å²) in [6, 6.07) is 13.9. The number of carbonyl (C=O) groups is 1. The Morgan fingerprint density at radius 2 is 2.00 bits per heavy atom. The molecule has 0 saturated carbocycles. The Balaban J connectivity index is 1.53. The molecule has 0 spiro atoms. The normalized spacial score (nSPS) is 20.8. The van der Waals surface area contributed by atoms with Gasteiger partial charge in [-0.15, -0.1) is 0 Å². The predicted molar refractivity (Wildman–Crippen MR) is 94.7 cm³/mol. The highest BCUT2D eigenvalue weighted by molar-refractivity contribution is 5.94. The van der Waals surface area contributed by atoms with Crippen LogP contribution in [-0.2, 0) is 0 Å². The monoisotopic (exact) mass is 336 g/mol. The molecule has 6 nitrogen and oxygen atoms in total. The average Bonchev–Trinajstić information content (AvgIpc) is 3.02. The van der Waals surface area contributed by atoms with E-state index in [2.05, 4.69) is 41.4 Å². The molecule has 2 unspecified atom stereocenters. The van der Waals surface area contributed by atoms with Crippen LogP contribution in [0, 0.1) is 5.92 Å². The first kappa shape index (κ1) is 15.6. The fraction of sp³-hybridized carbons (Fsp3) is 0.316. The number of fused-ring (bicyclic) bond motifs is 1. The molecule has 4 rings (SSSR count). The summed E-state index contributed by atoms with van der Waals surface area (Å²) >= 11 is 0. The highest BCUT2D eigenvalue weighted by Gasteiger charge is 2.30. The zero-order valence-corrected chi connectivity index (χ0v) is 14.1. The fourth-order valence-electron chi connectivity index (χ4n) is 3.74. The molecule has 128 valence electrons. The van der Waals surface area contributed by atoms with Crippen molar-refractivity contribution in [3.63, 3.8) is 0 Å². The highest BCUT2D eigenvalue weighted by Crippen LogP contribution is 2.33. The smallest absolute Gasteiger partial charge is 0.338 e. The van der Waals surface area contributed by atoms with Crippen LogP contribution in [0.2, 0.25) is 0 Å². The summed E-state index contributed by atoms with van der Waals surface area (Å²) in [5, 5.41) is 6.27. The lowest BCUT2D eigenvalue weighted by atomic mass is 9.81. The first-order valence-electron chi connectivity index (χ1n) is 8.54. The Morgan fingerprint density at radius 3 is 2.76 bits per heavy atom.